The molecular formula is C13H12ClF2N3O2S. The van der Waals surface area contributed by atoms with Gasteiger partial charge in [-0.2, -0.15) is 0 Å². The van der Waals surface area contributed by atoms with Crippen molar-refractivity contribution in [2.45, 2.75) is 19.5 Å². The molecule has 1 aromatic carbocycles. The predicted octanol–water partition coefficient (Wildman–Crippen LogP) is 3.26. The third-order valence-electron chi connectivity index (χ3n) is 2.73. The fraction of sp³-hybridized carbons (Fsp3) is 0.308. The molecule has 118 valence electrons. The molecule has 1 heterocycles. The van der Waals surface area contributed by atoms with E-state index in [-0.39, 0.29) is 16.2 Å². The molecule has 1 amide bonds. The number of carbonyl (C=O) groups excluding carboxylic acids is 1. The van der Waals surface area contributed by atoms with Gasteiger partial charge in [-0.3, -0.25) is 4.79 Å². The fourth-order valence-corrected chi connectivity index (χ4v) is 2.48. The van der Waals surface area contributed by atoms with Gasteiger partial charge in [0.25, 0.3) is 17.5 Å². The number of para-hydroxylation sites is 1. The van der Waals surface area contributed by atoms with Crippen LogP contribution < -0.4 is 9.64 Å². The molecule has 0 saturated carbocycles. The first-order chi connectivity index (χ1) is 10.5. The average Bonchev–Trinajstić information content (AvgIpc) is 2.91. The summed E-state index contributed by atoms with van der Waals surface area (Å²) in [6.45, 7) is 1.92. The molecule has 0 bridgehead atoms. The van der Waals surface area contributed by atoms with Crippen molar-refractivity contribution < 1.29 is 18.3 Å². The molecule has 9 heteroatoms. The number of carbonyl (C=O) groups is 1. The molecule has 5 nitrogen and oxygen atoms in total. The zero-order valence-electron chi connectivity index (χ0n) is 11.4. The van der Waals surface area contributed by atoms with Crippen molar-refractivity contribution in [2.24, 2.45) is 0 Å². The van der Waals surface area contributed by atoms with Crippen LogP contribution in [-0.4, -0.2) is 35.2 Å². The van der Waals surface area contributed by atoms with Crippen LogP contribution in [-0.2, 0) is 4.79 Å². The van der Waals surface area contributed by atoms with Gasteiger partial charge in [0.15, 0.2) is 0 Å². The molecule has 2 rings (SSSR count). The summed E-state index contributed by atoms with van der Waals surface area (Å²) >= 11 is 6.35. The van der Waals surface area contributed by atoms with Gasteiger partial charge in [0, 0.05) is 12.2 Å². The number of likely N-dealkylation sites (N-methyl/N-ethyl adjacent to an activating group) is 1. The first kappa shape index (κ1) is 16.6. The van der Waals surface area contributed by atoms with Gasteiger partial charge in [0.1, 0.15) is 0 Å². The number of ether oxygens (including phenoxy) is 1. The molecule has 0 spiro atoms. The lowest BCUT2D eigenvalue weighted by atomic mass is 10.2. The summed E-state index contributed by atoms with van der Waals surface area (Å²) in [4.78, 5) is 13.6. The maximum Gasteiger partial charge on any atom is 0.296 e. The lowest BCUT2D eigenvalue weighted by molar-refractivity contribution is -0.132. The van der Waals surface area contributed by atoms with E-state index in [1.165, 1.54) is 4.90 Å². The summed E-state index contributed by atoms with van der Waals surface area (Å²) in [6, 6.07) is 8.52. The largest absolute Gasteiger partial charge is 0.449 e. The maximum atomic E-state index is 13.2. The number of hydrogen-bond acceptors (Lipinski definition) is 5. The normalized spacial score (nSPS) is 12.2. The Balaban J connectivity index is 2.21. The quantitative estimate of drug-likeness (QED) is 0.805. The molecule has 0 fully saturated rings. The Labute approximate surface area is 134 Å². The standard InChI is InChI=1S/C13H12ClF2N3O2S/c1-2-19(8-6-4-3-5-7-8)11(20)9(10(15)16)21-13-18-17-12(14)22-13/h3-7,9-10H,2H2,1H3. The Bertz CT molecular complexity index is 627. The summed E-state index contributed by atoms with van der Waals surface area (Å²) in [6.07, 6.45) is -4.97. The van der Waals surface area contributed by atoms with E-state index in [1.54, 1.807) is 37.3 Å². The number of hydrogen-bond donors (Lipinski definition) is 0. The highest BCUT2D eigenvalue weighted by Crippen LogP contribution is 2.25. The van der Waals surface area contributed by atoms with Crippen LogP contribution in [0.1, 0.15) is 6.92 Å². The second-order valence-corrected chi connectivity index (χ2v) is 5.63. The van der Waals surface area contributed by atoms with E-state index in [1.807, 2.05) is 0 Å². The van der Waals surface area contributed by atoms with Gasteiger partial charge in [-0.25, -0.2) is 8.78 Å². The third kappa shape index (κ3) is 3.89. The van der Waals surface area contributed by atoms with Crippen molar-refractivity contribution in [1.29, 1.82) is 0 Å². The van der Waals surface area contributed by atoms with E-state index in [0.717, 1.165) is 11.3 Å². The monoisotopic (exact) mass is 347 g/mol. The topological polar surface area (TPSA) is 55.3 Å². The van der Waals surface area contributed by atoms with Crippen molar-refractivity contribution in [2.75, 3.05) is 11.4 Å². The van der Waals surface area contributed by atoms with Crippen LogP contribution >= 0.6 is 22.9 Å². The van der Waals surface area contributed by atoms with Gasteiger partial charge >= 0.3 is 0 Å². The molecule has 2 aromatic rings. The van der Waals surface area contributed by atoms with Crippen LogP contribution in [0, 0.1) is 0 Å². The summed E-state index contributed by atoms with van der Waals surface area (Å²) in [5.41, 5.74) is 0.513. The molecule has 0 aliphatic carbocycles. The summed E-state index contributed by atoms with van der Waals surface area (Å²) < 4.78 is 31.4. The lowest BCUT2D eigenvalue weighted by Gasteiger charge is -2.25. The van der Waals surface area contributed by atoms with Crippen molar-refractivity contribution in [3.05, 3.63) is 34.8 Å². The van der Waals surface area contributed by atoms with Gasteiger partial charge in [-0.1, -0.05) is 23.3 Å². The molecule has 0 radical (unpaired) electrons. The van der Waals surface area contributed by atoms with Crippen molar-refractivity contribution in [3.8, 4) is 5.19 Å². The zero-order valence-corrected chi connectivity index (χ0v) is 13.0. The first-order valence-electron chi connectivity index (χ1n) is 6.33. The molecule has 0 aliphatic rings. The molecule has 1 atom stereocenters. The number of nitrogens with zero attached hydrogens (tertiary/aromatic N) is 3. The van der Waals surface area contributed by atoms with Crippen LogP contribution in [0.4, 0.5) is 14.5 Å². The highest BCUT2D eigenvalue weighted by molar-refractivity contribution is 7.17. The van der Waals surface area contributed by atoms with Gasteiger partial charge in [-0.05, 0) is 42.0 Å². The van der Waals surface area contributed by atoms with Gasteiger partial charge < -0.3 is 9.64 Å². The SMILES string of the molecule is CCN(C(=O)C(Oc1nnc(Cl)s1)C(F)F)c1ccccc1. The minimum Gasteiger partial charge on any atom is -0.449 e. The summed E-state index contributed by atoms with van der Waals surface area (Å²) in [5.74, 6) is -0.852. The fourth-order valence-electron chi connectivity index (χ4n) is 1.79. The third-order valence-corrected chi connectivity index (χ3v) is 3.64. The molecule has 0 aliphatic heterocycles. The van der Waals surface area contributed by atoms with Crippen LogP contribution in [0.3, 0.4) is 0 Å². The Kier molecular flexibility index (Phi) is 5.62. The maximum absolute atomic E-state index is 13.2. The second kappa shape index (κ2) is 7.46. The van der Waals surface area contributed by atoms with Crippen LogP contribution in [0.15, 0.2) is 30.3 Å². The number of anilines is 1. The van der Waals surface area contributed by atoms with Crippen LogP contribution in [0.2, 0.25) is 4.47 Å². The number of aromatic nitrogens is 2. The van der Waals surface area contributed by atoms with E-state index in [2.05, 4.69) is 10.2 Å². The first-order valence-corrected chi connectivity index (χ1v) is 7.52. The van der Waals surface area contributed by atoms with Gasteiger partial charge in [0.05, 0.1) is 0 Å². The number of benzene rings is 1. The zero-order chi connectivity index (χ0) is 16.1. The summed E-state index contributed by atoms with van der Waals surface area (Å²) in [7, 11) is 0. The number of alkyl halides is 2. The van der Waals surface area contributed by atoms with E-state index < -0.39 is 18.4 Å². The molecule has 1 unspecified atom stereocenters. The molecule has 22 heavy (non-hydrogen) atoms. The number of halogens is 3. The van der Waals surface area contributed by atoms with Crippen molar-refractivity contribution >= 4 is 34.5 Å². The highest BCUT2D eigenvalue weighted by Gasteiger charge is 2.35. The Morgan fingerprint density at radius 1 is 1.36 bits per heavy atom. The van der Waals surface area contributed by atoms with E-state index in [4.69, 9.17) is 16.3 Å². The Morgan fingerprint density at radius 2 is 2.05 bits per heavy atom. The van der Waals surface area contributed by atoms with Crippen LogP contribution in [0.25, 0.3) is 0 Å². The molecule has 0 saturated heterocycles. The van der Waals surface area contributed by atoms with E-state index in [0.29, 0.717) is 5.69 Å². The van der Waals surface area contributed by atoms with E-state index >= 15 is 0 Å². The number of rotatable bonds is 6. The van der Waals surface area contributed by atoms with Crippen molar-refractivity contribution in [1.82, 2.24) is 10.2 Å². The minimum absolute atomic E-state index is 0.0471. The minimum atomic E-state index is -3.01. The predicted molar refractivity (Wildman–Crippen MR) is 79.8 cm³/mol. The van der Waals surface area contributed by atoms with Crippen molar-refractivity contribution in [3.63, 3.8) is 0 Å². The summed E-state index contributed by atoms with van der Waals surface area (Å²) in [5, 5.41) is 6.77. The average molecular weight is 348 g/mol. The molecule has 0 N–H and O–H groups in total. The van der Waals surface area contributed by atoms with Gasteiger partial charge in [-0.15, -0.1) is 5.10 Å². The second-order valence-electron chi connectivity index (χ2n) is 4.11. The Morgan fingerprint density at radius 3 is 2.55 bits per heavy atom. The smallest absolute Gasteiger partial charge is 0.296 e. The van der Waals surface area contributed by atoms with Gasteiger partial charge in [0.2, 0.25) is 10.6 Å². The molecule has 1 aromatic heterocycles. The molecular weight excluding hydrogens is 336 g/mol. The number of amides is 1. The Hall–Kier alpha value is -1.80. The van der Waals surface area contributed by atoms with Crippen LogP contribution in [0.5, 0.6) is 5.19 Å². The highest BCUT2D eigenvalue weighted by atomic mass is 35.5. The van der Waals surface area contributed by atoms with E-state index in [9.17, 15) is 13.6 Å². The lowest BCUT2D eigenvalue weighted by Crippen LogP contribution is -2.46.